The molecule has 0 bridgehead atoms. The molecule has 1 aliphatic heterocycles. The van der Waals surface area contributed by atoms with Crippen molar-refractivity contribution in [1.82, 2.24) is 4.90 Å². The number of carbonyl (C=O) groups excluding carboxylic acids is 1. The standard InChI is InChI=1S/C24H27Cl2F3N2O2/c1-16-8-10-31(11-9-16)12-13-33-22-6-5-19(15-21(22)26)30-23(32)7-3-17-2-4-18(14-20(17)25)24(27,28)29/h2,4-6,14-16H,3,7-13H2,1H3,(H,30,32). The summed E-state index contributed by atoms with van der Waals surface area (Å²) < 4.78 is 44.0. The summed E-state index contributed by atoms with van der Waals surface area (Å²) in [7, 11) is 0. The molecule has 1 fully saturated rings. The Bertz CT molecular complexity index is 961. The van der Waals surface area contributed by atoms with E-state index in [0.29, 0.717) is 28.6 Å². The molecule has 0 aromatic heterocycles. The number of rotatable bonds is 8. The topological polar surface area (TPSA) is 41.6 Å². The highest BCUT2D eigenvalue weighted by atomic mass is 35.5. The van der Waals surface area contributed by atoms with Crippen LogP contribution in [0.15, 0.2) is 36.4 Å². The van der Waals surface area contributed by atoms with Gasteiger partial charge >= 0.3 is 6.18 Å². The minimum Gasteiger partial charge on any atom is -0.491 e. The lowest BCUT2D eigenvalue weighted by Crippen LogP contribution is -2.35. The number of ether oxygens (including phenoxy) is 1. The molecule has 1 aliphatic rings. The molecule has 0 aliphatic carbocycles. The van der Waals surface area contributed by atoms with Crippen LogP contribution in [0.2, 0.25) is 10.0 Å². The number of piperidine rings is 1. The molecule has 180 valence electrons. The highest BCUT2D eigenvalue weighted by molar-refractivity contribution is 6.32. The van der Waals surface area contributed by atoms with Crippen LogP contribution < -0.4 is 10.1 Å². The van der Waals surface area contributed by atoms with E-state index in [9.17, 15) is 18.0 Å². The molecule has 1 heterocycles. The van der Waals surface area contributed by atoms with Crippen LogP contribution in [0.1, 0.15) is 37.3 Å². The molecule has 4 nitrogen and oxygen atoms in total. The first-order valence-electron chi connectivity index (χ1n) is 10.9. The van der Waals surface area contributed by atoms with Gasteiger partial charge in [0.15, 0.2) is 0 Å². The number of nitrogens with one attached hydrogen (secondary N) is 1. The molecule has 0 spiro atoms. The van der Waals surface area contributed by atoms with Crippen molar-refractivity contribution in [1.29, 1.82) is 0 Å². The molecule has 0 saturated carbocycles. The van der Waals surface area contributed by atoms with E-state index in [-0.39, 0.29) is 23.8 Å². The number of nitrogens with zero attached hydrogens (tertiary/aromatic N) is 1. The summed E-state index contributed by atoms with van der Waals surface area (Å²) in [5.74, 6) is 1.04. The number of likely N-dealkylation sites (tertiary alicyclic amines) is 1. The number of hydrogen-bond acceptors (Lipinski definition) is 3. The summed E-state index contributed by atoms with van der Waals surface area (Å²) in [4.78, 5) is 14.7. The van der Waals surface area contributed by atoms with Crippen molar-refractivity contribution in [3.8, 4) is 5.75 Å². The summed E-state index contributed by atoms with van der Waals surface area (Å²) in [5.41, 5.74) is 0.175. The van der Waals surface area contributed by atoms with Crippen LogP contribution in [0.5, 0.6) is 5.75 Å². The third kappa shape index (κ3) is 7.80. The predicted molar refractivity (Wildman–Crippen MR) is 125 cm³/mol. The molecule has 33 heavy (non-hydrogen) atoms. The summed E-state index contributed by atoms with van der Waals surface area (Å²) in [5, 5.41) is 3.12. The molecule has 2 aromatic carbocycles. The number of carbonyl (C=O) groups is 1. The average molecular weight is 503 g/mol. The molecular weight excluding hydrogens is 476 g/mol. The second-order valence-corrected chi connectivity index (χ2v) is 9.18. The zero-order valence-corrected chi connectivity index (χ0v) is 19.9. The predicted octanol–water partition coefficient (Wildman–Crippen LogP) is 6.69. The lowest BCUT2D eigenvalue weighted by atomic mass is 9.99. The van der Waals surface area contributed by atoms with Gasteiger partial charge < -0.3 is 10.1 Å². The van der Waals surface area contributed by atoms with Gasteiger partial charge in [-0.2, -0.15) is 13.2 Å². The fourth-order valence-electron chi connectivity index (χ4n) is 3.66. The first kappa shape index (κ1) is 25.7. The zero-order valence-electron chi connectivity index (χ0n) is 18.4. The van der Waals surface area contributed by atoms with Gasteiger partial charge in [0.05, 0.1) is 10.6 Å². The van der Waals surface area contributed by atoms with Crippen molar-refractivity contribution in [3.63, 3.8) is 0 Å². The highest BCUT2D eigenvalue weighted by Crippen LogP contribution is 2.32. The van der Waals surface area contributed by atoms with Crippen molar-refractivity contribution < 1.29 is 22.7 Å². The number of alkyl halides is 3. The third-order valence-electron chi connectivity index (χ3n) is 5.76. The van der Waals surface area contributed by atoms with Gasteiger partial charge in [-0.05, 0) is 74.2 Å². The van der Waals surface area contributed by atoms with Crippen LogP contribution in [-0.2, 0) is 17.4 Å². The van der Waals surface area contributed by atoms with Gasteiger partial charge in [-0.25, -0.2) is 0 Å². The average Bonchev–Trinajstić information content (AvgIpc) is 2.75. The van der Waals surface area contributed by atoms with Crippen molar-refractivity contribution >= 4 is 34.8 Å². The van der Waals surface area contributed by atoms with Crippen LogP contribution in [0, 0.1) is 5.92 Å². The number of hydrogen-bond donors (Lipinski definition) is 1. The molecule has 3 rings (SSSR count). The van der Waals surface area contributed by atoms with Crippen molar-refractivity contribution in [2.24, 2.45) is 5.92 Å². The Morgan fingerprint density at radius 2 is 1.85 bits per heavy atom. The van der Waals surface area contributed by atoms with Crippen LogP contribution in [0.3, 0.4) is 0 Å². The monoisotopic (exact) mass is 502 g/mol. The maximum absolute atomic E-state index is 12.7. The van der Waals surface area contributed by atoms with E-state index in [4.69, 9.17) is 27.9 Å². The Morgan fingerprint density at radius 3 is 2.48 bits per heavy atom. The van der Waals surface area contributed by atoms with E-state index in [1.54, 1.807) is 18.2 Å². The van der Waals surface area contributed by atoms with E-state index >= 15 is 0 Å². The fourth-order valence-corrected chi connectivity index (χ4v) is 4.17. The fraction of sp³-hybridized carbons (Fsp3) is 0.458. The molecule has 1 N–H and O–H groups in total. The van der Waals surface area contributed by atoms with Crippen molar-refractivity contribution in [3.05, 3.63) is 57.6 Å². The second-order valence-electron chi connectivity index (χ2n) is 8.37. The first-order chi connectivity index (χ1) is 15.6. The van der Waals surface area contributed by atoms with Crippen LogP contribution in [-0.4, -0.2) is 37.0 Å². The Kier molecular flexibility index (Phi) is 8.90. The zero-order chi connectivity index (χ0) is 24.0. The quantitative estimate of drug-likeness (QED) is 0.436. The van der Waals surface area contributed by atoms with Gasteiger partial charge in [-0.3, -0.25) is 9.69 Å². The number of benzene rings is 2. The SMILES string of the molecule is CC1CCN(CCOc2ccc(NC(=O)CCc3ccc(C(F)(F)F)cc3Cl)cc2Cl)CC1. The molecular formula is C24H27Cl2F3N2O2. The number of aryl methyl sites for hydroxylation is 1. The number of amides is 1. The second kappa shape index (κ2) is 11.4. The number of anilines is 1. The lowest BCUT2D eigenvalue weighted by molar-refractivity contribution is -0.137. The Balaban J connectivity index is 1.46. The van der Waals surface area contributed by atoms with Crippen LogP contribution in [0.25, 0.3) is 0 Å². The van der Waals surface area contributed by atoms with Gasteiger partial charge in [0.25, 0.3) is 0 Å². The van der Waals surface area contributed by atoms with Crippen LogP contribution in [0.4, 0.5) is 18.9 Å². The minimum atomic E-state index is -4.46. The van der Waals surface area contributed by atoms with E-state index in [0.717, 1.165) is 37.7 Å². The van der Waals surface area contributed by atoms with E-state index < -0.39 is 11.7 Å². The molecule has 1 amide bonds. The highest BCUT2D eigenvalue weighted by Gasteiger charge is 2.30. The Labute approximate surface area is 202 Å². The summed E-state index contributed by atoms with van der Waals surface area (Å²) in [6.07, 6.45) is -1.76. The van der Waals surface area contributed by atoms with Gasteiger partial charge in [-0.1, -0.05) is 36.2 Å². The number of halogens is 5. The lowest BCUT2D eigenvalue weighted by Gasteiger charge is -2.29. The van der Waals surface area contributed by atoms with Crippen molar-refractivity contribution in [2.75, 3.05) is 31.6 Å². The molecule has 0 radical (unpaired) electrons. The molecule has 0 unspecified atom stereocenters. The summed E-state index contributed by atoms with van der Waals surface area (Å²) >= 11 is 12.2. The van der Waals surface area contributed by atoms with Crippen LogP contribution >= 0.6 is 23.2 Å². The Hall–Kier alpha value is -1.96. The molecule has 9 heteroatoms. The molecule has 0 atom stereocenters. The van der Waals surface area contributed by atoms with Gasteiger partial charge in [0.1, 0.15) is 12.4 Å². The van der Waals surface area contributed by atoms with E-state index in [2.05, 4.69) is 17.1 Å². The third-order valence-corrected chi connectivity index (χ3v) is 6.41. The maximum atomic E-state index is 12.7. The van der Waals surface area contributed by atoms with Gasteiger partial charge in [0.2, 0.25) is 5.91 Å². The van der Waals surface area contributed by atoms with Gasteiger partial charge in [-0.15, -0.1) is 0 Å². The normalized spacial score (nSPS) is 15.5. The largest absolute Gasteiger partial charge is 0.491 e. The molecule has 1 saturated heterocycles. The Morgan fingerprint density at radius 1 is 1.12 bits per heavy atom. The first-order valence-corrected chi connectivity index (χ1v) is 11.7. The van der Waals surface area contributed by atoms with E-state index in [1.807, 2.05) is 0 Å². The van der Waals surface area contributed by atoms with E-state index in [1.165, 1.54) is 18.9 Å². The molecule has 2 aromatic rings. The minimum absolute atomic E-state index is 0.0127. The smallest absolute Gasteiger partial charge is 0.416 e. The maximum Gasteiger partial charge on any atom is 0.416 e. The van der Waals surface area contributed by atoms with Crippen molar-refractivity contribution in [2.45, 2.75) is 38.8 Å². The summed E-state index contributed by atoms with van der Waals surface area (Å²) in [6, 6.07) is 8.16. The van der Waals surface area contributed by atoms with Gasteiger partial charge in [0, 0.05) is 23.7 Å². The summed E-state index contributed by atoms with van der Waals surface area (Å²) in [6.45, 7) is 5.82.